The predicted molar refractivity (Wildman–Crippen MR) is 67.0 cm³/mol. The number of hydrogen-bond acceptors (Lipinski definition) is 5. The number of aliphatic hydroxyl groups is 1. The first kappa shape index (κ1) is 13.7. The number of amides is 1. The highest BCUT2D eigenvalue weighted by molar-refractivity contribution is 6.32. The maximum atomic E-state index is 12.2. The maximum absolute atomic E-state index is 12.2. The Morgan fingerprint density at radius 2 is 2.42 bits per heavy atom. The Balaban J connectivity index is 2.30. The first-order chi connectivity index (χ1) is 9.04. The van der Waals surface area contributed by atoms with Crippen molar-refractivity contribution in [1.29, 1.82) is 0 Å². The van der Waals surface area contributed by atoms with Gasteiger partial charge in [0, 0.05) is 31.8 Å². The lowest BCUT2D eigenvalue weighted by molar-refractivity contribution is -0.385. The number of pyridine rings is 1. The highest BCUT2D eigenvalue weighted by Gasteiger charge is 2.32. The van der Waals surface area contributed by atoms with E-state index in [4.69, 9.17) is 16.7 Å². The highest BCUT2D eigenvalue weighted by Crippen LogP contribution is 2.28. The number of carbonyl (C=O) groups excluding carboxylic acids is 1. The van der Waals surface area contributed by atoms with E-state index in [0.717, 1.165) is 0 Å². The molecule has 2 heterocycles. The van der Waals surface area contributed by atoms with Gasteiger partial charge in [-0.1, -0.05) is 11.6 Å². The monoisotopic (exact) mass is 285 g/mol. The first-order valence-corrected chi connectivity index (χ1v) is 6.11. The second kappa shape index (κ2) is 5.50. The van der Waals surface area contributed by atoms with Crippen molar-refractivity contribution in [3.8, 4) is 0 Å². The molecule has 0 aromatic carbocycles. The van der Waals surface area contributed by atoms with Crippen LogP contribution in [0.2, 0.25) is 5.15 Å². The van der Waals surface area contributed by atoms with Crippen molar-refractivity contribution < 1.29 is 14.8 Å². The predicted octanol–water partition coefficient (Wildman–Crippen LogP) is 1.10. The number of rotatable bonds is 3. The number of nitro groups is 1. The lowest BCUT2D eigenvalue weighted by Crippen LogP contribution is -2.29. The van der Waals surface area contributed by atoms with Gasteiger partial charge in [-0.05, 0) is 12.5 Å². The molecule has 102 valence electrons. The van der Waals surface area contributed by atoms with Gasteiger partial charge < -0.3 is 10.0 Å². The minimum absolute atomic E-state index is 0.00295. The standard InChI is InChI=1S/C11H12ClN3O4/c12-10-9(15(18)19)8(1-3-13-10)11(17)14-4-2-7(5-14)6-16/h1,3,7,16H,2,4-6H2. The molecule has 0 bridgehead atoms. The van der Waals surface area contributed by atoms with Crippen LogP contribution in [-0.4, -0.2) is 45.5 Å². The largest absolute Gasteiger partial charge is 0.396 e. The average molecular weight is 286 g/mol. The van der Waals surface area contributed by atoms with E-state index in [1.807, 2.05) is 0 Å². The molecular formula is C11H12ClN3O4. The molecular weight excluding hydrogens is 274 g/mol. The van der Waals surface area contributed by atoms with Gasteiger partial charge in [0.05, 0.1) is 4.92 Å². The van der Waals surface area contributed by atoms with Crippen LogP contribution in [0.1, 0.15) is 16.8 Å². The molecule has 0 radical (unpaired) electrons. The molecule has 1 aliphatic heterocycles. The Labute approximate surface area is 114 Å². The SMILES string of the molecule is O=C(c1ccnc(Cl)c1[N+](=O)[O-])N1CCC(CO)C1. The lowest BCUT2D eigenvalue weighted by Gasteiger charge is -2.16. The van der Waals surface area contributed by atoms with Gasteiger partial charge in [-0.25, -0.2) is 4.98 Å². The number of nitrogens with zero attached hydrogens (tertiary/aromatic N) is 3. The van der Waals surface area contributed by atoms with E-state index in [1.54, 1.807) is 0 Å². The van der Waals surface area contributed by atoms with Crippen LogP contribution in [0.25, 0.3) is 0 Å². The summed E-state index contributed by atoms with van der Waals surface area (Å²) in [4.78, 5) is 27.6. The van der Waals surface area contributed by atoms with E-state index < -0.39 is 16.5 Å². The summed E-state index contributed by atoms with van der Waals surface area (Å²) in [6.07, 6.45) is 1.96. The van der Waals surface area contributed by atoms with E-state index in [-0.39, 0.29) is 23.2 Å². The summed E-state index contributed by atoms with van der Waals surface area (Å²) in [5, 5.41) is 19.7. The molecule has 1 aromatic heterocycles. The van der Waals surface area contributed by atoms with Crippen LogP contribution in [0.4, 0.5) is 5.69 Å². The number of aliphatic hydroxyl groups excluding tert-OH is 1. The molecule has 2 rings (SSSR count). The van der Waals surface area contributed by atoms with Gasteiger partial charge in [-0.15, -0.1) is 0 Å². The first-order valence-electron chi connectivity index (χ1n) is 5.73. The molecule has 1 fully saturated rings. The van der Waals surface area contributed by atoms with Crippen molar-refractivity contribution >= 4 is 23.2 Å². The Morgan fingerprint density at radius 1 is 1.68 bits per heavy atom. The molecule has 1 amide bonds. The quantitative estimate of drug-likeness (QED) is 0.509. The van der Waals surface area contributed by atoms with Gasteiger partial charge >= 0.3 is 5.69 Å². The van der Waals surface area contributed by atoms with Crippen LogP contribution >= 0.6 is 11.6 Å². The van der Waals surface area contributed by atoms with Crippen LogP contribution in [0.3, 0.4) is 0 Å². The highest BCUT2D eigenvalue weighted by atomic mass is 35.5. The van der Waals surface area contributed by atoms with E-state index in [0.29, 0.717) is 19.5 Å². The Kier molecular flexibility index (Phi) is 3.96. The van der Waals surface area contributed by atoms with Crippen LogP contribution in [0.5, 0.6) is 0 Å². The van der Waals surface area contributed by atoms with Crippen molar-refractivity contribution in [2.24, 2.45) is 5.92 Å². The van der Waals surface area contributed by atoms with Crippen molar-refractivity contribution in [2.45, 2.75) is 6.42 Å². The van der Waals surface area contributed by atoms with E-state index >= 15 is 0 Å². The van der Waals surface area contributed by atoms with Gasteiger partial charge in [0.2, 0.25) is 5.15 Å². The molecule has 0 saturated carbocycles. The Bertz CT molecular complexity index is 523. The zero-order valence-corrected chi connectivity index (χ0v) is 10.7. The van der Waals surface area contributed by atoms with E-state index in [9.17, 15) is 14.9 Å². The van der Waals surface area contributed by atoms with Gasteiger partial charge in [-0.3, -0.25) is 14.9 Å². The molecule has 1 saturated heterocycles. The minimum Gasteiger partial charge on any atom is -0.396 e. The third-order valence-electron chi connectivity index (χ3n) is 3.12. The third-order valence-corrected chi connectivity index (χ3v) is 3.40. The molecule has 7 nitrogen and oxygen atoms in total. The topological polar surface area (TPSA) is 96.6 Å². The molecule has 0 aliphatic carbocycles. The van der Waals surface area contributed by atoms with Crippen LogP contribution < -0.4 is 0 Å². The summed E-state index contributed by atoms with van der Waals surface area (Å²) in [6, 6.07) is 1.29. The molecule has 1 atom stereocenters. The van der Waals surface area contributed by atoms with Crippen molar-refractivity contribution in [3.63, 3.8) is 0 Å². The van der Waals surface area contributed by atoms with Crippen LogP contribution in [0, 0.1) is 16.0 Å². The van der Waals surface area contributed by atoms with Crippen molar-refractivity contribution in [1.82, 2.24) is 9.88 Å². The molecule has 19 heavy (non-hydrogen) atoms. The van der Waals surface area contributed by atoms with Gasteiger partial charge in [0.1, 0.15) is 5.56 Å². The third kappa shape index (κ3) is 2.66. The normalized spacial score (nSPS) is 18.6. The van der Waals surface area contributed by atoms with Crippen LogP contribution in [-0.2, 0) is 0 Å². The molecule has 1 aliphatic rings. The molecule has 0 spiro atoms. The maximum Gasteiger partial charge on any atom is 0.319 e. The summed E-state index contributed by atoms with van der Waals surface area (Å²) in [5.74, 6) is -0.424. The summed E-state index contributed by atoms with van der Waals surface area (Å²) >= 11 is 5.67. The lowest BCUT2D eigenvalue weighted by atomic mass is 10.1. The zero-order chi connectivity index (χ0) is 14.0. The number of likely N-dealkylation sites (tertiary alicyclic amines) is 1. The van der Waals surface area contributed by atoms with Gasteiger partial charge in [-0.2, -0.15) is 0 Å². The Morgan fingerprint density at radius 3 is 3.00 bits per heavy atom. The number of halogens is 1. The Hall–Kier alpha value is -1.73. The van der Waals surface area contributed by atoms with Gasteiger partial charge in [0.25, 0.3) is 5.91 Å². The molecule has 1 N–H and O–H groups in total. The summed E-state index contributed by atoms with van der Waals surface area (Å²) in [6.45, 7) is 0.872. The minimum atomic E-state index is -0.706. The second-order valence-corrected chi connectivity index (χ2v) is 4.70. The fourth-order valence-corrected chi connectivity index (χ4v) is 2.34. The molecule has 8 heteroatoms. The summed E-state index contributed by atoms with van der Waals surface area (Å²) in [7, 11) is 0. The number of hydrogen-bond donors (Lipinski definition) is 1. The average Bonchev–Trinajstić information content (AvgIpc) is 2.85. The summed E-state index contributed by atoms with van der Waals surface area (Å²) in [5.41, 5.74) is -0.537. The van der Waals surface area contributed by atoms with Crippen LogP contribution in [0.15, 0.2) is 12.3 Å². The van der Waals surface area contributed by atoms with Crippen molar-refractivity contribution in [2.75, 3.05) is 19.7 Å². The number of carbonyl (C=O) groups is 1. The fourth-order valence-electron chi connectivity index (χ4n) is 2.11. The second-order valence-electron chi connectivity index (χ2n) is 4.34. The molecule has 1 unspecified atom stereocenters. The van der Waals surface area contributed by atoms with E-state index in [2.05, 4.69) is 4.98 Å². The number of aromatic nitrogens is 1. The zero-order valence-electron chi connectivity index (χ0n) is 9.95. The van der Waals surface area contributed by atoms with Crippen molar-refractivity contribution in [3.05, 3.63) is 33.1 Å². The summed E-state index contributed by atoms with van der Waals surface area (Å²) < 4.78 is 0. The molecule has 1 aromatic rings. The smallest absolute Gasteiger partial charge is 0.319 e. The fraction of sp³-hybridized carbons (Fsp3) is 0.455. The van der Waals surface area contributed by atoms with E-state index in [1.165, 1.54) is 17.2 Å². The van der Waals surface area contributed by atoms with Gasteiger partial charge in [0.15, 0.2) is 0 Å².